The van der Waals surface area contributed by atoms with Gasteiger partial charge in [0.2, 0.25) is 10.0 Å². The molecule has 2 aromatic carbocycles. The van der Waals surface area contributed by atoms with Gasteiger partial charge < -0.3 is 9.80 Å². The maximum Gasteiger partial charge on any atom is 0.253 e. The zero-order chi connectivity index (χ0) is 19.5. The molecule has 0 saturated carbocycles. The van der Waals surface area contributed by atoms with E-state index in [0.717, 1.165) is 12.6 Å². The molecule has 1 amide bonds. The van der Waals surface area contributed by atoms with Gasteiger partial charge in [-0.2, -0.15) is 0 Å². The topological polar surface area (TPSA) is 83.7 Å². The maximum atomic E-state index is 14.3. The Kier molecular flexibility index (Phi) is 6.12. The Labute approximate surface area is 153 Å². The number of rotatable bonds is 6. The standard InChI is InChI=1S/C18H22FN3O3S/c1-21(2)9-10-22(3)18(23)14-6-4-5-13(11-14)16-8-7-15(12-17(16)19)26(20,24)25/h4-8,11-12H,9-10H2,1-3H3,(H2,20,24,25). The zero-order valence-electron chi connectivity index (χ0n) is 14.9. The van der Waals surface area contributed by atoms with Gasteiger partial charge in [-0.3, -0.25) is 4.79 Å². The quantitative estimate of drug-likeness (QED) is 0.829. The first-order valence-corrected chi connectivity index (χ1v) is 9.47. The van der Waals surface area contributed by atoms with Crippen molar-refractivity contribution in [1.82, 2.24) is 9.80 Å². The van der Waals surface area contributed by atoms with E-state index >= 15 is 0 Å². The first-order chi connectivity index (χ1) is 12.1. The summed E-state index contributed by atoms with van der Waals surface area (Å²) < 4.78 is 37.0. The van der Waals surface area contributed by atoms with E-state index < -0.39 is 15.8 Å². The number of nitrogens with two attached hydrogens (primary N) is 1. The number of nitrogens with zero attached hydrogens (tertiary/aromatic N) is 2. The number of benzene rings is 2. The number of carbonyl (C=O) groups excluding carboxylic acids is 1. The van der Waals surface area contributed by atoms with Crippen LogP contribution in [0.1, 0.15) is 10.4 Å². The third-order valence-corrected chi connectivity index (χ3v) is 4.83. The Hall–Kier alpha value is -2.29. The van der Waals surface area contributed by atoms with Crippen LogP contribution < -0.4 is 5.14 Å². The first-order valence-electron chi connectivity index (χ1n) is 7.92. The molecule has 2 rings (SSSR count). The number of halogens is 1. The lowest BCUT2D eigenvalue weighted by atomic mass is 10.0. The van der Waals surface area contributed by atoms with Crippen molar-refractivity contribution in [3.63, 3.8) is 0 Å². The van der Waals surface area contributed by atoms with Crippen LogP contribution >= 0.6 is 0 Å². The van der Waals surface area contributed by atoms with Gasteiger partial charge in [0.05, 0.1) is 4.90 Å². The SMILES string of the molecule is CN(C)CCN(C)C(=O)c1cccc(-c2ccc(S(N)(=O)=O)cc2F)c1. The van der Waals surface area contributed by atoms with E-state index in [9.17, 15) is 17.6 Å². The van der Waals surface area contributed by atoms with Crippen LogP contribution in [0.5, 0.6) is 0 Å². The maximum absolute atomic E-state index is 14.3. The average molecular weight is 379 g/mol. The van der Waals surface area contributed by atoms with Gasteiger partial charge in [0.1, 0.15) is 5.82 Å². The Balaban J connectivity index is 2.31. The summed E-state index contributed by atoms with van der Waals surface area (Å²) in [6.45, 7) is 1.29. The molecule has 26 heavy (non-hydrogen) atoms. The Morgan fingerprint density at radius 3 is 2.35 bits per heavy atom. The van der Waals surface area contributed by atoms with E-state index in [-0.39, 0.29) is 16.4 Å². The fourth-order valence-corrected chi connectivity index (χ4v) is 2.92. The molecule has 0 bridgehead atoms. The molecule has 2 N–H and O–H groups in total. The number of sulfonamides is 1. The molecule has 2 aromatic rings. The fraction of sp³-hybridized carbons (Fsp3) is 0.278. The van der Waals surface area contributed by atoms with Gasteiger partial charge >= 0.3 is 0 Å². The summed E-state index contributed by atoms with van der Waals surface area (Å²) in [4.78, 5) is 15.8. The number of carbonyl (C=O) groups is 1. The molecule has 0 radical (unpaired) electrons. The Morgan fingerprint density at radius 1 is 1.08 bits per heavy atom. The summed E-state index contributed by atoms with van der Waals surface area (Å²) in [7, 11) is 1.58. The van der Waals surface area contributed by atoms with Crippen molar-refractivity contribution in [2.24, 2.45) is 5.14 Å². The van der Waals surface area contributed by atoms with Gasteiger partial charge in [-0.15, -0.1) is 0 Å². The number of amides is 1. The van der Waals surface area contributed by atoms with E-state index in [1.807, 2.05) is 19.0 Å². The second-order valence-corrected chi connectivity index (χ2v) is 7.86. The molecule has 0 saturated heterocycles. The van der Waals surface area contributed by atoms with Crippen LogP contribution in [0.25, 0.3) is 11.1 Å². The van der Waals surface area contributed by atoms with Crippen molar-refractivity contribution in [1.29, 1.82) is 0 Å². The van der Waals surface area contributed by atoms with Gasteiger partial charge in [-0.25, -0.2) is 17.9 Å². The molecule has 0 spiro atoms. The van der Waals surface area contributed by atoms with Gasteiger partial charge in [0.25, 0.3) is 5.91 Å². The predicted octanol–water partition coefficient (Wildman–Crippen LogP) is 1.77. The van der Waals surface area contributed by atoms with Crippen molar-refractivity contribution >= 4 is 15.9 Å². The molecule has 0 unspecified atom stereocenters. The normalized spacial score (nSPS) is 11.6. The molecule has 0 fully saturated rings. The van der Waals surface area contributed by atoms with E-state index in [4.69, 9.17) is 5.14 Å². The monoisotopic (exact) mass is 379 g/mol. The second-order valence-electron chi connectivity index (χ2n) is 6.30. The van der Waals surface area contributed by atoms with Crippen molar-refractivity contribution in [2.75, 3.05) is 34.2 Å². The highest BCUT2D eigenvalue weighted by Gasteiger charge is 2.15. The van der Waals surface area contributed by atoms with Crippen molar-refractivity contribution in [3.8, 4) is 11.1 Å². The van der Waals surface area contributed by atoms with Crippen LogP contribution in [0.15, 0.2) is 47.4 Å². The minimum atomic E-state index is -3.98. The highest BCUT2D eigenvalue weighted by molar-refractivity contribution is 7.89. The number of hydrogen-bond acceptors (Lipinski definition) is 4. The molecule has 8 heteroatoms. The average Bonchev–Trinajstić information content (AvgIpc) is 2.58. The van der Waals surface area contributed by atoms with Crippen LogP contribution in [0.3, 0.4) is 0 Å². The molecule has 0 aliphatic carbocycles. The largest absolute Gasteiger partial charge is 0.340 e. The van der Waals surface area contributed by atoms with Crippen LogP contribution in [-0.2, 0) is 10.0 Å². The lowest BCUT2D eigenvalue weighted by molar-refractivity contribution is 0.0786. The fourth-order valence-electron chi connectivity index (χ4n) is 2.40. The lowest BCUT2D eigenvalue weighted by Crippen LogP contribution is -2.33. The van der Waals surface area contributed by atoms with Crippen molar-refractivity contribution in [2.45, 2.75) is 4.90 Å². The van der Waals surface area contributed by atoms with Gasteiger partial charge in [-0.05, 0) is 43.9 Å². The summed E-state index contributed by atoms with van der Waals surface area (Å²) in [6.07, 6.45) is 0. The number of likely N-dealkylation sites (N-methyl/N-ethyl adjacent to an activating group) is 2. The molecule has 0 aliphatic heterocycles. The number of primary sulfonamides is 1. The summed E-state index contributed by atoms with van der Waals surface area (Å²) in [5.74, 6) is -0.891. The Morgan fingerprint density at radius 2 is 1.77 bits per heavy atom. The van der Waals surface area contributed by atoms with E-state index in [1.54, 1.807) is 36.2 Å². The Bertz CT molecular complexity index is 914. The second kappa shape index (κ2) is 7.94. The van der Waals surface area contributed by atoms with Crippen LogP contribution in [-0.4, -0.2) is 58.4 Å². The zero-order valence-corrected chi connectivity index (χ0v) is 15.8. The van der Waals surface area contributed by atoms with Gasteiger partial charge in [0, 0.05) is 31.3 Å². The highest BCUT2D eigenvalue weighted by Crippen LogP contribution is 2.26. The summed E-state index contributed by atoms with van der Waals surface area (Å²) in [6, 6.07) is 10.0. The smallest absolute Gasteiger partial charge is 0.253 e. The highest BCUT2D eigenvalue weighted by atomic mass is 32.2. The van der Waals surface area contributed by atoms with Crippen molar-refractivity contribution in [3.05, 3.63) is 53.8 Å². The molecule has 0 aromatic heterocycles. The molecule has 0 heterocycles. The molecular formula is C18H22FN3O3S. The summed E-state index contributed by atoms with van der Waals surface area (Å²) >= 11 is 0. The molecule has 140 valence electrons. The third-order valence-electron chi connectivity index (χ3n) is 3.92. The van der Waals surface area contributed by atoms with E-state index in [0.29, 0.717) is 17.7 Å². The first kappa shape index (κ1) is 20.0. The van der Waals surface area contributed by atoms with Gasteiger partial charge in [0.15, 0.2) is 0 Å². The minimum absolute atomic E-state index is 0.171. The van der Waals surface area contributed by atoms with Crippen LogP contribution in [0.2, 0.25) is 0 Å². The molecular weight excluding hydrogens is 357 g/mol. The molecule has 6 nitrogen and oxygen atoms in total. The lowest BCUT2D eigenvalue weighted by Gasteiger charge is -2.20. The van der Waals surface area contributed by atoms with Crippen LogP contribution in [0, 0.1) is 5.82 Å². The molecule has 0 aliphatic rings. The molecule has 0 atom stereocenters. The van der Waals surface area contributed by atoms with Crippen LogP contribution in [0.4, 0.5) is 4.39 Å². The van der Waals surface area contributed by atoms with E-state index in [2.05, 4.69) is 0 Å². The van der Waals surface area contributed by atoms with Crippen molar-refractivity contribution < 1.29 is 17.6 Å². The third kappa shape index (κ3) is 4.87. The summed E-state index contributed by atoms with van der Waals surface area (Å²) in [5, 5.41) is 5.01. The minimum Gasteiger partial charge on any atom is -0.340 e. The van der Waals surface area contributed by atoms with Gasteiger partial charge in [-0.1, -0.05) is 18.2 Å². The summed E-state index contributed by atoms with van der Waals surface area (Å²) in [5.41, 5.74) is 1.11. The van der Waals surface area contributed by atoms with E-state index in [1.165, 1.54) is 12.1 Å². The predicted molar refractivity (Wildman–Crippen MR) is 98.7 cm³/mol. The number of hydrogen-bond donors (Lipinski definition) is 1.